The molecule has 1 heterocycles. The lowest BCUT2D eigenvalue weighted by atomic mass is 9.97. The van der Waals surface area contributed by atoms with Gasteiger partial charge in [0.25, 0.3) is 0 Å². The molecule has 0 saturated carbocycles. The lowest BCUT2D eigenvalue weighted by molar-refractivity contribution is -0.132. The number of hydrogen-bond acceptors (Lipinski definition) is 2. The van der Waals surface area contributed by atoms with Crippen molar-refractivity contribution in [3.8, 4) is 0 Å². The summed E-state index contributed by atoms with van der Waals surface area (Å²) in [4.78, 5) is 14.1. The SMILES string of the molecule is CCCCCCCCCCC(=O)N1CCC(CN)CC1. The number of unbranched alkanes of at least 4 members (excludes halogenated alkanes) is 7. The number of carbonyl (C=O) groups is 1. The Morgan fingerprint density at radius 2 is 1.55 bits per heavy atom. The van der Waals surface area contributed by atoms with Crippen molar-refractivity contribution in [2.45, 2.75) is 77.6 Å². The molecule has 0 radical (unpaired) electrons. The van der Waals surface area contributed by atoms with Gasteiger partial charge in [-0.15, -0.1) is 0 Å². The summed E-state index contributed by atoms with van der Waals surface area (Å²) in [7, 11) is 0. The van der Waals surface area contributed by atoms with Crippen molar-refractivity contribution in [1.29, 1.82) is 0 Å². The van der Waals surface area contributed by atoms with Crippen LogP contribution < -0.4 is 5.73 Å². The third-order valence-electron chi connectivity index (χ3n) is 4.54. The summed E-state index contributed by atoms with van der Waals surface area (Å²) in [5.41, 5.74) is 5.68. The van der Waals surface area contributed by atoms with Crippen molar-refractivity contribution in [1.82, 2.24) is 4.90 Å². The number of carbonyl (C=O) groups excluding carboxylic acids is 1. The number of amides is 1. The van der Waals surface area contributed by atoms with E-state index in [1.807, 2.05) is 4.90 Å². The molecular weight excluding hydrogens is 248 g/mol. The standard InChI is InChI=1S/C17H34N2O/c1-2-3-4-5-6-7-8-9-10-17(20)19-13-11-16(15-18)12-14-19/h16H,2-15,18H2,1H3. The zero-order valence-corrected chi connectivity index (χ0v) is 13.4. The van der Waals surface area contributed by atoms with Crippen molar-refractivity contribution in [3.63, 3.8) is 0 Å². The van der Waals surface area contributed by atoms with Gasteiger partial charge in [-0.25, -0.2) is 0 Å². The summed E-state index contributed by atoms with van der Waals surface area (Å²) in [5.74, 6) is 1.01. The topological polar surface area (TPSA) is 46.3 Å². The summed E-state index contributed by atoms with van der Waals surface area (Å²) in [6, 6.07) is 0. The molecule has 0 unspecified atom stereocenters. The molecule has 1 rings (SSSR count). The number of nitrogens with two attached hydrogens (primary N) is 1. The molecule has 0 atom stereocenters. The summed E-state index contributed by atoms with van der Waals surface area (Å²) in [6.45, 7) is 4.89. The zero-order valence-electron chi connectivity index (χ0n) is 13.4. The van der Waals surface area contributed by atoms with Crippen LogP contribution in [0.3, 0.4) is 0 Å². The maximum Gasteiger partial charge on any atom is 0.222 e. The highest BCUT2D eigenvalue weighted by Crippen LogP contribution is 2.17. The fraction of sp³-hybridized carbons (Fsp3) is 0.941. The third-order valence-corrected chi connectivity index (χ3v) is 4.54. The average Bonchev–Trinajstić information content (AvgIpc) is 2.50. The quantitative estimate of drug-likeness (QED) is 0.621. The zero-order chi connectivity index (χ0) is 14.6. The molecule has 1 saturated heterocycles. The molecule has 0 aromatic heterocycles. The Labute approximate surface area is 125 Å². The van der Waals surface area contributed by atoms with Gasteiger partial charge in [-0.3, -0.25) is 4.79 Å². The summed E-state index contributed by atoms with van der Waals surface area (Å²) >= 11 is 0. The van der Waals surface area contributed by atoms with Crippen LogP contribution in [0.15, 0.2) is 0 Å². The second kappa shape index (κ2) is 11.1. The predicted molar refractivity (Wildman–Crippen MR) is 85.6 cm³/mol. The van der Waals surface area contributed by atoms with Crippen LogP contribution >= 0.6 is 0 Å². The van der Waals surface area contributed by atoms with E-state index in [0.717, 1.165) is 45.3 Å². The maximum absolute atomic E-state index is 12.1. The van der Waals surface area contributed by atoms with Gasteiger partial charge in [0, 0.05) is 19.5 Å². The van der Waals surface area contributed by atoms with Crippen LogP contribution in [0.25, 0.3) is 0 Å². The van der Waals surface area contributed by atoms with Crippen molar-refractivity contribution in [3.05, 3.63) is 0 Å². The second-order valence-corrected chi connectivity index (χ2v) is 6.28. The van der Waals surface area contributed by atoms with E-state index in [0.29, 0.717) is 11.8 Å². The van der Waals surface area contributed by atoms with E-state index < -0.39 is 0 Å². The molecule has 118 valence electrons. The van der Waals surface area contributed by atoms with Crippen molar-refractivity contribution < 1.29 is 4.79 Å². The van der Waals surface area contributed by atoms with Gasteiger partial charge in [0.1, 0.15) is 0 Å². The molecule has 3 nitrogen and oxygen atoms in total. The lowest BCUT2D eigenvalue weighted by Gasteiger charge is -2.31. The van der Waals surface area contributed by atoms with Gasteiger partial charge in [-0.05, 0) is 31.7 Å². The fourth-order valence-corrected chi connectivity index (χ4v) is 2.99. The van der Waals surface area contributed by atoms with Crippen LogP contribution in [-0.2, 0) is 4.79 Å². The van der Waals surface area contributed by atoms with Crippen molar-refractivity contribution in [2.24, 2.45) is 11.7 Å². The Kier molecular flexibility index (Phi) is 9.73. The minimum absolute atomic E-state index is 0.367. The predicted octanol–water partition coefficient (Wildman–Crippen LogP) is 3.71. The van der Waals surface area contributed by atoms with Gasteiger partial charge < -0.3 is 10.6 Å². The van der Waals surface area contributed by atoms with Crippen LogP contribution in [0.4, 0.5) is 0 Å². The van der Waals surface area contributed by atoms with E-state index in [-0.39, 0.29) is 0 Å². The Bertz CT molecular complexity index is 247. The van der Waals surface area contributed by atoms with Gasteiger partial charge in [-0.1, -0.05) is 51.9 Å². The number of piperidine rings is 1. The molecule has 0 aliphatic carbocycles. The summed E-state index contributed by atoms with van der Waals surface area (Å²) in [6.07, 6.45) is 13.3. The first-order chi connectivity index (χ1) is 9.77. The van der Waals surface area contributed by atoms with Crippen LogP contribution in [-0.4, -0.2) is 30.4 Å². The molecule has 0 spiro atoms. The Hall–Kier alpha value is -0.570. The molecular formula is C17H34N2O. The van der Waals surface area contributed by atoms with E-state index in [1.165, 1.54) is 44.9 Å². The maximum atomic E-state index is 12.1. The first kappa shape index (κ1) is 17.5. The highest BCUT2D eigenvalue weighted by Gasteiger charge is 2.21. The van der Waals surface area contributed by atoms with Gasteiger partial charge >= 0.3 is 0 Å². The number of likely N-dealkylation sites (tertiary alicyclic amines) is 1. The van der Waals surface area contributed by atoms with E-state index in [2.05, 4.69) is 6.92 Å². The minimum Gasteiger partial charge on any atom is -0.343 e. The Morgan fingerprint density at radius 1 is 1.00 bits per heavy atom. The number of rotatable bonds is 10. The first-order valence-electron chi connectivity index (χ1n) is 8.75. The fourth-order valence-electron chi connectivity index (χ4n) is 2.99. The van der Waals surface area contributed by atoms with E-state index in [1.54, 1.807) is 0 Å². The summed E-state index contributed by atoms with van der Waals surface area (Å²) in [5, 5.41) is 0. The van der Waals surface area contributed by atoms with E-state index in [9.17, 15) is 4.79 Å². The summed E-state index contributed by atoms with van der Waals surface area (Å²) < 4.78 is 0. The van der Waals surface area contributed by atoms with Gasteiger partial charge in [0.05, 0.1) is 0 Å². The van der Waals surface area contributed by atoms with E-state index in [4.69, 9.17) is 5.73 Å². The highest BCUT2D eigenvalue weighted by atomic mass is 16.2. The minimum atomic E-state index is 0.367. The van der Waals surface area contributed by atoms with Crippen LogP contribution in [0.5, 0.6) is 0 Å². The molecule has 20 heavy (non-hydrogen) atoms. The molecule has 1 aliphatic rings. The molecule has 1 aliphatic heterocycles. The molecule has 1 amide bonds. The van der Waals surface area contributed by atoms with Crippen LogP contribution in [0, 0.1) is 5.92 Å². The normalized spacial score (nSPS) is 16.6. The smallest absolute Gasteiger partial charge is 0.222 e. The third kappa shape index (κ3) is 7.28. The lowest BCUT2D eigenvalue weighted by Crippen LogP contribution is -2.39. The molecule has 0 aromatic carbocycles. The number of nitrogens with zero attached hydrogens (tertiary/aromatic N) is 1. The van der Waals surface area contributed by atoms with Gasteiger partial charge in [-0.2, -0.15) is 0 Å². The average molecular weight is 282 g/mol. The highest BCUT2D eigenvalue weighted by molar-refractivity contribution is 5.76. The number of hydrogen-bond donors (Lipinski definition) is 1. The molecule has 1 fully saturated rings. The van der Waals surface area contributed by atoms with Gasteiger partial charge in [0.2, 0.25) is 5.91 Å². The second-order valence-electron chi connectivity index (χ2n) is 6.28. The Balaban J connectivity index is 1.95. The molecule has 0 aromatic rings. The molecule has 3 heteroatoms. The van der Waals surface area contributed by atoms with Crippen LogP contribution in [0.2, 0.25) is 0 Å². The largest absolute Gasteiger partial charge is 0.343 e. The van der Waals surface area contributed by atoms with E-state index >= 15 is 0 Å². The van der Waals surface area contributed by atoms with Crippen molar-refractivity contribution >= 4 is 5.91 Å². The monoisotopic (exact) mass is 282 g/mol. The first-order valence-corrected chi connectivity index (χ1v) is 8.75. The molecule has 2 N–H and O–H groups in total. The van der Waals surface area contributed by atoms with Gasteiger partial charge in [0.15, 0.2) is 0 Å². The van der Waals surface area contributed by atoms with Crippen LogP contribution in [0.1, 0.15) is 77.6 Å². The molecule has 0 bridgehead atoms. The van der Waals surface area contributed by atoms with Crippen molar-refractivity contribution in [2.75, 3.05) is 19.6 Å². The Morgan fingerprint density at radius 3 is 2.10 bits per heavy atom.